The number of fused-ring (bicyclic) bond motifs is 19. The molecule has 0 saturated carbocycles. The number of hydrogen-bond donors (Lipinski definition) is 0. The third kappa shape index (κ3) is 5.49. The van der Waals surface area contributed by atoms with Gasteiger partial charge >= 0.3 is 13.7 Å². The Bertz CT molecular complexity index is 3370. The lowest BCUT2D eigenvalue weighted by Crippen LogP contribution is -2.75. The number of benzene rings is 9. The Balaban J connectivity index is 1.17. The van der Waals surface area contributed by atoms with Crippen LogP contribution in [0.1, 0.15) is 12.5 Å². The highest BCUT2D eigenvalue weighted by Gasteiger charge is 2.52. The van der Waals surface area contributed by atoms with Crippen molar-refractivity contribution in [2.24, 2.45) is 0 Å². The SMILES string of the molecule is C/C=C\C1=C(C[Si](c2ccccc2)(c2ccccc2)c2cccc3c2B2c4ccccc4-c4ccccc4N2c2ccccc2-3)B2c3ccccc3-c3ccccc3N2c2ccccc21. The van der Waals surface area contributed by atoms with E-state index in [0.29, 0.717) is 0 Å². The molecule has 0 aromatic heterocycles. The summed E-state index contributed by atoms with van der Waals surface area (Å²) in [5, 5.41) is 4.29. The Morgan fingerprint density at radius 3 is 1.32 bits per heavy atom. The first-order chi connectivity index (χ1) is 32.3. The molecule has 0 atom stereocenters. The fourth-order valence-corrected chi connectivity index (χ4v) is 17.3. The van der Waals surface area contributed by atoms with Gasteiger partial charge in [-0.2, -0.15) is 0 Å². The maximum Gasteiger partial charge on any atom is 0.329 e. The maximum atomic E-state index is 2.68. The van der Waals surface area contributed by atoms with Crippen LogP contribution in [-0.2, 0) is 0 Å². The molecule has 0 fully saturated rings. The first-order valence-electron chi connectivity index (χ1n) is 23.0. The van der Waals surface area contributed by atoms with Crippen LogP contribution in [0.5, 0.6) is 0 Å². The molecule has 13 rings (SSSR count). The van der Waals surface area contributed by atoms with Gasteiger partial charge in [-0.3, -0.25) is 0 Å². The van der Waals surface area contributed by atoms with E-state index in [4.69, 9.17) is 0 Å². The van der Waals surface area contributed by atoms with Crippen LogP contribution < -0.4 is 41.6 Å². The number of nitrogens with zero attached hydrogens (tertiary/aromatic N) is 2. The summed E-state index contributed by atoms with van der Waals surface area (Å²) >= 11 is 0. The summed E-state index contributed by atoms with van der Waals surface area (Å²) in [6, 6.07) is 86.2. The minimum atomic E-state index is -3.13. The lowest BCUT2D eigenvalue weighted by atomic mass is 9.43. The quantitative estimate of drug-likeness (QED) is 0.122. The highest BCUT2D eigenvalue weighted by Crippen LogP contribution is 2.50. The summed E-state index contributed by atoms with van der Waals surface area (Å²) < 4.78 is 0. The largest absolute Gasteiger partial charge is 0.376 e. The molecule has 4 aliphatic rings. The zero-order valence-corrected chi connectivity index (χ0v) is 37.3. The topological polar surface area (TPSA) is 6.48 Å². The molecule has 5 heteroatoms. The number of rotatable bonds is 6. The third-order valence-corrected chi connectivity index (χ3v) is 19.6. The Kier molecular flexibility index (Phi) is 8.76. The number of anilines is 4. The molecule has 0 bridgehead atoms. The normalized spacial score (nSPS) is 14.0. The van der Waals surface area contributed by atoms with Crippen molar-refractivity contribution in [2.45, 2.75) is 13.0 Å². The van der Waals surface area contributed by atoms with E-state index in [0.717, 1.165) is 6.04 Å². The molecule has 304 valence electrons. The monoisotopic (exact) mass is 842 g/mol. The van der Waals surface area contributed by atoms with Gasteiger partial charge in [0.25, 0.3) is 0 Å². The van der Waals surface area contributed by atoms with E-state index >= 15 is 0 Å². The second-order valence-electron chi connectivity index (χ2n) is 17.8. The molecule has 4 aliphatic heterocycles. The van der Waals surface area contributed by atoms with Crippen molar-refractivity contribution >= 4 is 82.0 Å². The van der Waals surface area contributed by atoms with Crippen LogP contribution in [0.15, 0.2) is 242 Å². The van der Waals surface area contributed by atoms with Gasteiger partial charge < -0.3 is 9.62 Å². The van der Waals surface area contributed by atoms with Crippen LogP contribution in [-0.4, -0.2) is 21.8 Å². The molecule has 0 spiro atoms. The number of para-hydroxylation sites is 4. The Morgan fingerprint density at radius 1 is 0.385 bits per heavy atom. The van der Waals surface area contributed by atoms with Crippen molar-refractivity contribution in [3.63, 3.8) is 0 Å². The zero-order chi connectivity index (χ0) is 43.1. The van der Waals surface area contributed by atoms with Crippen molar-refractivity contribution in [1.82, 2.24) is 0 Å². The second-order valence-corrected chi connectivity index (χ2v) is 21.7. The Hall–Kier alpha value is -7.59. The molecule has 65 heavy (non-hydrogen) atoms. The van der Waals surface area contributed by atoms with Crippen molar-refractivity contribution in [2.75, 3.05) is 9.62 Å². The lowest BCUT2D eigenvalue weighted by molar-refractivity contribution is 1.30. The molecule has 4 heterocycles. The summed E-state index contributed by atoms with van der Waals surface area (Å²) in [6.07, 6.45) is 4.67. The van der Waals surface area contributed by atoms with Crippen LogP contribution in [0, 0.1) is 0 Å². The van der Waals surface area contributed by atoms with Crippen LogP contribution >= 0.6 is 0 Å². The minimum absolute atomic E-state index is 0.0273. The minimum Gasteiger partial charge on any atom is -0.376 e. The van der Waals surface area contributed by atoms with Crippen LogP contribution in [0.2, 0.25) is 6.04 Å². The fraction of sp³-hybridized carbons (Fsp3) is 0.0333. The lowest BCUT2D eigenvalue weighted by Gasteiger charge is -2.48. The summed E-state index contributed by atoms with van der Waals surface area (Å²) in [5.41, 5.74) is 21.0. The summed E-state index contributed by atoms with van der Waals surface area (Å²) in [4.78, 5) is 5.35. The van der Waals surface area contributed by atoms with Gasteiger partial charge in [-0.15, -0.1) is 0 Å². The van der Waals surface area contributed by atoms with Gasteiger partial charge in [0.15, 0.2) is 8.07 Å². The smallest absolute Gasteiger partial charge is 0.329 e. The van der Waals surface area contributed by atoms with Gasteiger partial charge in [0.05, 0.1) is 0 Å². The highest BCUT2D eigenvalue weighted by molar-refractivity contribution is 7.15. The summed E-state index contributed by atoms with van der Waals surface area (Å²) in [7, 11) is -3.13. The van der Waals surface area contributed by atoms with E-state index in [1.807, 2.05) is 0 Å². The maximum absolute atomic E-state index is 3.13. The van der Waals surface area contributed by atoms with E-state index in [1.54, 1.807) is 0 Å². The summed E-state index contributed by atoms with van der Waals surface area (Å²) in [5.74, 6) is 0. The average molecular weight is 843 g/mol. The second kappa shape index (κ2) is 15.0. The predicted molar refractivity (Wildman–Crippen MR) is 281 cm³/mol. The van der Waals surface area contributed by atoms with Gasteiger partial charge in [0, 0.05) is 45.0 Å². The van der Waals surface area contributed by atoms with Crippen molar-refractivity contribution < 1.29 is 0 Å². The van der Waals surface area contributed by atoms with E-state index < -0.39 is 8.07 Å². The molecular formula is C60H44B2N2Si. The fourth-order valence-electron chi connectivity index (χ4n) is 12.2. The molecule has 0 radical (unpaired) electrons. The molecule has 9 aromatic rings. The predicted octanol–water partition coefficient (Wildman–Crippen LogP) is 10.7. The first kappa shape index (κ1) is 37.9. The Labute approximate surface area is 383 Å². The van der Waals surface area contributed by atoms with Gasteiger partial charge in [0.1, 0.15) is 0 Å². The standard InChI is InChI=1S/C60H44B2N2Si/c1-2-22-44-47-29-11-17-36-55(47)63-56-37-18-12-30-48(56)45-27-9-15-34-52(45)61(63)54(44)41-65(42-23-5-3-6-24-42,43-25-7-4-8-26-43)59-40-21-33-51-50-32-14-20-39-58(50)64-57-38-19-13-31-49(57)46-28-10-16-35-53(46)62(64)60(51)59/h2-40H,41H2,1H3/b22-2-. The first-order valence-corrected chi connectivity index (χ1v) is 25.2. The van der Waals surface area contributed by atoms with Crippen LogP contribution in [0.4, 0.5) is 22.7 Å². The highest BCUT2D eigenvalue weighted by atomic mass is 28.3. The molecule has 0 saturated heterocycles. The van der Waals surface area contributed by atoms with Gasteiger partial charge in [-0.25, -0.2) is 0 Å². The van der Waals surface area contributed by atoms with E-state index in [-0.39, 0.29) is 13.7 Å². The van der Waals surface area contributed by atoms with Gasteiger partial charge in [-0.05, 0) is 86.3 Å². The van der Waals surface area contributed by atoms with Gasteiger partial charge in [0.2, 0.25) is 0 Å². The van der Waals surface area contributed by atoms with Crippen LogP contribution in [0.25, 0.3) is 39.0 Å². The molecule has 0 unspecified atom stereocenters. The molecular weight excluding hydrogens is 798 g/mol. The van der Waals surface area contributed by atoms with Crippen molar-refractivity contribution in [3.8, 4) is 33.4 Å². The molecule has 0 amide bonds. The molecule has 0 aliphatic carbocycles. The molecule has 9 aromatic carbocycles. The molecule has 2 nitrogen and oxygen atoms in total. The third-order valence-electron chi connectivity index (χ3n) is 14.7. The van der Waals surface area contributed by atoms with Crippen molar-refractivity contribution in [1.29, 1.82) is 0 Å². The van der Waals surface area contributed by atoms with Crippen molar-refractivity contribution in [3.05, 3.63) is 248 Å². The summed E-state index contributed by atoms with van der Waals surface area (Å²) in [6.45, 7) is 2.11. The van der Waals surface area contributed by atoms with E-state index in [2.05, 4.69) is 253 Å². The average Bonchev–Trinajstić information content (AvgIpc) is 3.38. The van der Waals surface area contributed by atoms with Gasteiger partial charge in [-0.1, -0.05) is 223 Å². The van der Waals surface area contributed by atoms with E-state index in [1.165, 1.54) is 105 Å². The number of hydrogen-bond acceptors (Lipinski definition) is 2. The Morgan fingerprint density at radius 2 is 0.785 bits per heavy atom. The zero-order valence-electron chi connectivity index (χ0n) is 36.3. The van der Waals surface area contributed by atoms with Crippen LogP contribution in [0.3, 0.4) is 0 Å². The van der Waals surface area contributed by atoms with E-state index in [9.17, 15) is 0 Å². The molecule has 0 N–H and O–H groups in total. The number of allylic oxidation sites excluding steroid dienone is 4.